The average Bonchev–Trinajstić information content (AvgIpc) is 2.39. The smallest absolute Gasteiger partial charge is 0.0505 e. The quantitative estimate of drug-likeness (QED) is 0.493. The first-order valence-corrected chi connectivity index (χ1v) is 7.46. The summed E-state index contributed by atoms with van der Waals surface area (Å²) in [4.78, 5) is 0. The van der Waals surface area contributed by atoms with Gasteiger partial charge in [-0.25, -0.2) is 0 Å². The Morgan fingerprint density at radius 3 is 2.16 bits per heavy atom. The van der Waals surface area contributed by atoms with E-state index in [1.165, 1.54) is 25.8 Å². The normalized spacial score (nSPS) is 12.4. The van der Waals surface area contributed by atoms with E-state index in [9.17, 15) is 0 Å². The highest BCUT2D eigenvalue weighted by molar-refractivity contribution is 14.1. The van der Waals surface area contributed by atoms with Gasteiger partial charge in [-0.2, -0.15) is 0 Å². The Morgan fingerprint density at radius 1 is 1.05 bits per heavy atom. The van der Waals surface area contributed by atoms with E-state index in [-0.39, 0.29) is 6.04 Å². The van der Waals surface area contributed by atoms with Crippen molar-refractivity contribution in [3.8, 4) is 0 Å². The molecule has 3 heteroatoms. The van der Waals surface area contributed by atoms with Crippen LogP contribution in [0.3, 0.4) is 0 Å². The molecule has 0 fully saturated rings. The molecule has 0 aliphatic heterocycles. The van der Waals surface area contributed by atoms with E-state index in [0.29, 0.717) is 0 Å². The predicted molar refractivity (Wildman–Crippen MR) is 88.8 cm³/mol. The molecule has 100 valence electrons. The van der Waals surface area contributed by atoms with Gasteiger partial charge in [-0.1, -0.05) is 30.3 Å². The first-order valence-electron chi connectivity index (χ1n) is 6.38. The molecule has 19 heavy (non-hydrogen) atoms. The number of nitrogens with two attached hydrogens (primary N) is 1. The molecular weight excluding hydrogens is 347 g/mol. The largest absolute Gasteiger partial charge is 0.271 e. The predicted octanol–water partition coefficient (Wildman–Crippen LogP) is 3.66. The molecule has 0 spiro atoms. The summed E-state index contributed by atoms with van der Waals surface area (Å²) in [5, 5.41) is 0. The fraction of sp³-hybridized carbons (Fsp3) is 0.250. The SMILES string of the molecule is Cc1cccc(C)c1C(Cc1ccc(I)cc1)NN. The van der Waals surface area contributed by atoms with E-state index >= 15 is 0 Å². The first-order chi connectivity index (χ1) is 9.11. The molecule has 3 N–H and O–H groups in total. The number of hydrazine groups is 1. The van der Waals surface area contributed by atoms with Crippen molar-refractivity contribution in [1.29, 1.82) is 0 Å². The third-order valence-electron chi connectivity index (χ3n) is 3.44. The summed E-state index contributed by atoms with van der Waals surface area (Å²) in [6.07, 6.45) is 0.902. The summed E-state index contributed by atoms with van der Waals surface area (Å²) in [5.74, 6) is 5.77. The number of hydrogen-bond acceptors (Lipinski definition) is 2. The van der Waals surface area contributed by atoms with E-state index in [4.69, 9.17) is 5.84 Å². The fourth-order valence-corrected chi connectivity index (χ4v) is 2.84. The lowest BCUT2D eigenvalue weighted by Crippen LogP contribution is -2.30. The van der Waals surface area contributed by atoms with Crippen LogP contribution in [0, 0.1) is 17.4 Å². The second kappa shape index (κ2) is 6.50. The summed E-state index contributed by atoms with van der Waals surface area (Å²) < 4.78 is 1.26. The zero-order chi connectivity index (χ0) is 13.8. The summed E-state index contributed by atoms with van der Waals surface area (Å²) in [6.45, 7) is 4.28. The molecule has 0 radical (unpaired) electrons. The van der Waals surface area contributed by atoms with Crippen LogP contribution in [-0.2, 0) is 6.42 Å². The maximum atomic E-state index is 5.77. The van der Waals surface area contributed by atoms with Gasteiger partial charge >= 0.3 is 0 Å². The number of rotatable bonds is 4. The van der Waals surface area contributed by atoms with Crippen LogP contribution in [0.25, 0.3) is 0 Å². The van der Waals surface area contributed by atoms with Gasteiger partial charge in [0.05, 0.1) is 6.04 Å². The molecule has 1 unspecified atom stereocenters. The second-order valence-corrected chi connectivity index (χ2v) is 6.10. The second-order valence-electron chi connectivity index (χ2n) is 4.86. The van der Waals surface area contributed by atoms with E-state index in [0.717, 1.165) is 6.42 Å². The van der Waals surface area contributed by atoms with Gasteiger partial charge in [-0.05, 0) is 77.2 Å². The molecule has 0 aliphatic carbocycles. The first kappa shape index (κ1) is 14.5. The van der Waals surface area contributed by atoms with Crippen molar-refractivity contribution in [2.75, 3.05) is 0 Å². The number of nitrogens with one attached hydrogen (secondary N) is 1. The lowest BCUT2D eigenvalue weighted by molar-refractivity contribution is 0.547. The molecule has 1 atom stereocenters. The zero-order valence-corrected chi connectivity index (χ0v) is 13.4. The highest BCUT2D eigenvalue weighted by atomic mass is 127. The molecule has 2 aromatic rings. The topological polar surface area (TPSA) is 38.0 Å². The monoisotopic (exact) mass is 366 g/mol. The minimum absolute atomic E-state index is 0.154. The van der Waals surface area contributed by atoms with Crippen molar-refractivity contribution in [2.24, 2.45) is 5.84 Å². The van der Waals surface area contributed by atoms with Crippen molar-refractivity contribution >= 4 is 22.6 Å². The van der Waals surface area contributed by atoms with Crippen LogP contribution in [-0.4, -0.2) is 0 Å². The standard InChI is InChI=1S/C16H19IN2/c1-11-4-3-5-12(2)16(11)15(19-18)10-13-6-8-14(17)9-7-13/h3-9,15,19H,10,18H2,1-2H3. The Bertz CT molecular complexity index is 529. The summed E-state index contributed by atoms with van der Waals surface area (Å²) >= 11 is 2.32. The van der Waals surface area contributed by atoms with Gasteiger partial charge in [-0.3, -0.25) is 11.3 Å². The van der Waals surface area contributed by atoms with Crippen molar-refractivity contribution < 1.29 is 0 Å². The molecule has 0 saturated heterocycles. The maximum absolute atomic E-state index is 5.77. The molecule has 0 aliphatic rings. The minimum Gasteiger partial charge on any atom is -0.271 e. The van der Waals surface area contributed by atoms with Gasteiger partial charge in [0.2, 0.25) is 0 Å². The van der Waals surface area contributed by atoms with Gasteiger partial charge in [0.1, 0.15) is 0 Å². The lowest BCUT2D eigenvalue weighted by atomic mass is 9.92. The van der Waals surface area contributed by atoms with Gasteiger partial charge in [0, 0.05) is 3.57 Å². The van der Waals surface area contributed by atoms with Crippen LogP contribution in [0.1, 0.15) is 28.3 Å². The molecule has 2 rings (SSSR count). The van der Waals surface area contributed by atoms with Gasteiger partial charge in [0.25, 0.3) is 0 Å². The molecule has 0 bridgehead atoms. The molecule has 0 aromatic heterocycles. The van der Waals surface area contributed by atoms with Gasteiger partial charge < -0.3 is 0 Å². The number of hydrogen-bond donors (Lipinski definition) is 2. The Kier molecular flexibility index (Phi) is 4.96. The molecule has 0 saturated carbocycles. The van der Waals surface area contributed by atoms with Crippen molar-refractivity contribution in [1.82, 2.24) is 5.43 Å². The average molecular weight is 366 g/mol. The molecule has 2 nitrogen and oxygen atoms in total. The van der Waals surface area contributed by atoms with E-state index in [1.54, 1.807) is 0 Å². The molecule has 0 amide bonds. The van der Waals surface area contributed by atoms with Crippen molar-refractivity contribution in [3.05, 3.63) is 68.3 Å². The summed E-state index contributed by atoms with van der Waals surface area (Å²) in [6, 6.07) is 15.1. The van der Waals surface area contributed by atoms with Crippen LogP contribution < -0.4 is 11.3 Å². The highest BCUT2D eigenvalue weighted by Crippen LogP contribution is 2.24. The van der Waals surface area contributed by atoms with Crippen LogP contribution in [0.15, 0.2) is 42.5 Å². The molecular formula is C16H19IN2. The maximum Gasteiger partial charge on any atom is 0.0505 e. The van der Waals surface area contributed by atoms with Crippen LogP contribution >= 0.6 is 22.6 Å². The van der Waals surface area contributed by atoms with E-state index in [2.05, 4.69) is 84.3 Å². The number of halogens is 1. The molecule has 0 heterocycles. The number of aryl methyl sites for hydroxylation is 2. The zero-order valence-electron chi connectivity index (χ0n) is 11.3. The van der Waals surface area contributed by atoms with Crippen LogP contribution in [0.5, 0.6) is 0 Å². The van der Waals surface area contributed by atoms with Gasteiger partial charge in [0.15, 0.2) is 0 Å². The van der Waals surface area contributed by atoms with Crippen LogP contribution in [0.2, 0.25) is 0 Å². The Labute approximate surface area is 128 Å². The van der Waals surface area contributed by atoms with E-state index < -0.39 is 0 Å². The van der Waals surface area contributed by atoms with Crippen molar-refractivity contribution in [2.45, 2.75) is 26.3 Å². The third kappa shape index (κ3) is 3.55. The van der Waals surface area contributed by atoms with Gasteiger partial charge in [-0.15, -0.1) is 0 Å². The minimum atomic E-state index is 0.154. The Hall–Kier alpha value is -0.910. The number of benzene rings is 2. The molecule has 2 aromatic carbocycles. The Morgan fingerprint density at radius 2 is 1.63 bits per heavy atom. The van der Waals surface area contributed by atoms with E-state index in [1.807, 2.05) is 0 Å². The highest BCUT2D eigenvalue weighted by Gasteiger charge is 2.15. The fourth-order valence-electron chi connectivity index (χ4n) is 2.48. The van der Waals surface area contributed by atoms with Crippen molar-refractivity contribution in [3.63, 3.8) is 0 Å². The third-order valence-corrected chi connectivity index (χ3v) is 4.16. The summed E-state index contributed by atoms with van der Waals surface area (Å²) in [5.41, 5.74) is 8.14. The van der Waals surface area contributed by atoms with Crippen LogP contribution in [0.4, 0.5) is 0 Å². The Balaban J connectivity index is 2.27. The summed E-state index contributed by atoms with van der Waals surface area (Å²) in [7, 11) is 0. The lowest BCUT2D eigenvalue weighted by Gasteiger charge is -2.21.